The summed E-state index contributed by atoms with van der Waals surface area (Å²) in [4.78, 5) is 18.0. The molecule has 158 valence electrons. The van der Waals surface area contributed by atoms with Crippen molar-refractivity contribution in [3.8, 4) is 0 Å². The molecule has 2 saturated heterocycles. The zero-order valence-electron chi connectivity index (χ0n) is 17.8. The molecule has 0 aromatic heterocycles. The maximum atomic E-state index is 13.7. The summed E-state index contributed by atoms with van der Waals surface area (Å²) in [6.45, 7) is 6.86. The highest BCUT2D eigenvalue weighted by Gasteiger charge is 2.57. The molecule has 2 aromatic carbocycles. The fourth-order valence-corrected chi connectivity index (χ4v) is 4.97. The number of ether oxygens (including phenoxy) is 2. The van der Waals surface area contributed by atoms with Crippen LogP contribution < -0.4 is 4.90 Å². The second-order valence-corrected chi connectivity index (χ2v) is 9.17. The van der Waals surface area contributed by atoms with E-state index in [2.05, 4.69) is 30.9 Å². The number of hydrogen-bond acceptors (Lipinski definition) is 4. The Hall–Kier alpha value is -2.21. The third kappa shape index (κ3) is 3.08. The summed E-state index contributed by atoms with van der Waals surface area (Å²) >= 11 is 0. The number of benzene rings is 2. The van der Waals surface area contributed by atoms with Gasteiger partial charge in [-0.1, -0.05) is 61.9 Å². The predicted octanol–water partition coefficient (Wildman–Crippen LogP) is 4.02. The quantitative estimate of drug-likeness (QED) is 0.772. The van der Waals surface area contributed by atoms with Crippen molar-refractivity contribution >= 4 is 11.6 Å². The van der Waals surface area contributed by atoms with Gasteiger partial charge in [-0.25, -0.2) is 0 Å². The third-order valence-electron chi connectivity index (χ3n) is 7.00. The van der Waals surface area contributed by atoms with E-state index in [0.29, 0.717) is 25.9 Å². The molecule has 5 rings (SSSR count). The van der Waals surface area contributed by atoms with Crippen molar-refractivity contribution in [2.24, 2.45) is 0 Å². The van der Waals surface area contributed by atoms with Crippen LogP contribution in [0.4, 0.5) is 5.69 Å². The number of piperidine rings is 1. The molecule has 1 unspecified atom stereocenters. The first-order valence-electron chi connectivity index (χ1n) is 11.0. The van der Waals surface area contributed by atoms with Crippen LogP contribution in [0.1, 0.15) is 44.2 Å². The first-order valence-corrected chi connectivity index (χ1v) is 11.0. The molecule has 1 spiro atoms. The number of fused-ring (bicyclic) bond motifs is 2. The van der Waals surface area contributed by atoms with Crippen LogP contribution in [-0.4, -0.2) is 43.3 Å². The standard InChI is InChI=1S/C25H30N2O3/c1-19-10-8-9-15-26(19)18-27-22-14-7-6-13-21(22)25(23(27)28)29-16-24(2,17-30-25)20-11-4-3-5-12-20/h3-7,11-14,19H,8-10,15-18H2,1-2H3. The van der Waals surface area contributed by atoms with E-state index in [9.17, 15) is 4.79 Å². The monoisotopic (exact) mass is 406 g/mol. The van der Waals surface area contributed by atoms with Crippen molar-refractivity contribution in [1.29, 1.82) is 0 Å². The Morgan fingerprint density at radius 3 is 2.43 bits per heavy atom. The minimum absolute atomic E-state index is 0.100. The van der Waals surface area contributed by atoms with E-state index in [1.165, 1.54) is 19.3 Å². The minimum Gasteiger partial charge on any atom is -0.337 e. The average Bonchev–Trinajstić information content (AvgIpc) is 3.01. The van der Waals surface area contributed by atoms with Crippen LogP contribution >= 0.6 is 0 Å². The molecule has 1 amide bonds. The van der Waals surface area contributed by atoms with Crippen LogP contribution in [0.5, 0.6) is 0 Å². The normalized spacial score (nSPS) is 31.9. The lowest BCUT2D eigenvalue weighted by Crippen LogP contribution is -2.55. The smallest absolute Gasteiger partial charge is 0.293 e. The topological polar surface area (TPSA) is 42.0 Å². The van der Waals surface area contributed by atoms with Crippen LogP contribution in [0.25, 0.3) is 0 Å². The van der Waals surface area contributed by atoms with Crippen LogP contribution in [0.3, 0.4) is 0 Å². The van der Waals surface area contributed by atoms with Crippen molar-refractivity contribution in [1.82, 2.24) is 4.90 Å². The fraction of sp³-hybridized carbons (Fsp3) is 0.480. The van der Waals surface area contributed by atoms with Crippen LogP contribution in [0, 0.1) is 0 Å². The van der Waals surface area contributed by atoms with Gasteiger partial charge in [-0.3, -0.25) is 14.6 Å². The van der Waals surface area contributed by atoms with Gasteiger partial charge in [-0.05, 0) is 31.4 Å². The summed E-state index contributed by atoms with van der Waals surface area (Å²) < 4.78 is 12.7. The summed E-state index contributed by atoms with van der Waals surface area (Å²) in [5.41, 5.74) is 2.62. The van der Waals surface area contributed by atoms with E-state index in [-0.39, 0.29) is 11.3 Å². The van der Waals surface area contributed by atoms with Gasteiger partial charge in [0.1, 0.15) is 0 Å². The van der Waals surface area contributed by atoms with E-state index in [0.717, 1.165) is 23.4 Å². The van der Waals surface area contributed by atoms with Gasteiger partial charge in [0, 0.05) is 23.6 Å². The number of nitrogens with zero attached hydrogens (tertiary/aromatic N) is 2. The first-order chi connectivity index (χ1) is 14.5. The Balaban J connectivity index is 1.43. The highest BCUT2D eigenvalue weighted by atomic mass is 16.7. The van der Waals surface area contributed by atoms with Gasteiger partial charge in [-0.2, -0.15) is 0 Å². The largest absolute Gasteiger partial charge is 0.337 e. The van der Waals surface area contributed by atoms with E-state index in [4.69, 9.17) is 9.47 Å². The minimum atomic E-state index is -1.33. The molecule has 0 N–H and O–H groups in total. The fourth-order valence-electron chi connectivity index (χ4n) is 4.97. The van der Waals surface area contributed by atoms with E-state index < -0.39 is 5.79 Å². The second kappa shape index (κ2) is 7.49. The molecule has 30 heavy (non-hydrogen) atoms. The number of rotatable bonds is 3. The maximum absolute atomic E-state index is 13.7. The Kier molecular flexibility index (Phi) is 4.92. The molecule has 0 saturated carbocycles. The number of likely N-dealkylation sites (tertiary alicyclic amines) is 1. The van der Waals surface area contributed by atoms with Crippen molar-refractivity contribution in [3.05, 3.63) is 65.7 Å². The van der Waals surface area contributed by atoms with Gasteiger partial charge in [0.25, 0.3) is 11.7 Å². The lowest BCUT2D eigenvalue weighted by molar-refractivity contribution is -0.276. The number of carbonyl (C=O) groups excluding carboxylic acids is 1. The molecule has 3 aliphatic rings. The zero-order chi connectivity index (χ0) is 20.8. The van der Waals surface area contributed by atoms with Crippen LogP contribution in [0.2, 0.25) is 0 Å². The Morgan fingerprint density at radius 2 is 1.70 bits per heavy atom. The van der Waals surface area contributed by atoms with E-state index in [1.807, 2.05) is 47.4 Å². The molecule has 3 heterocycles. The Labute approximate surface area is 178 Å². The number of hydrogen-bond donors (Lipinski definition) is 0. The molecule has 5 heteroatoms. The lowest BCUT2D eigenvalue weighted by atomic mass is 9.83. The SMILES string of the molecule is CC1CCCCN1CN1C(=O)C2(OCC(C)(c3ccccc3)CO2)c2ccccc21. The molecule has 0 radical (unpaired) electrons. The van der Waals surface area contributed by atoms with Crippen molar-refractivity contribution in [3.63, 3.8) is 0 Å². The number of amides is 1. The molecule has 5 nitrogen and oxygen atoms in total. The van der Waals surface area contributed by atoms with Crippen LogP contribution in [-0.2, 0) is 25.5 Å². The van der Waals surface area contributed by atoms with Crippen molar-refractivity contribution in [2.45, 2.75) is 50.4 Å². The summed E-state index contributed by atoms with van der Waals surface area (Å²) in [7, 11) is 0. The summed E-state index contributed by atoms with van der Waals surface area (Å²) in [6, 6.07) is 18.7. The summed E-state index contributed by atoms with van der Waals surface area (Å²) in [5.74, 6) is -1.43. The molecular formula is C25H30N2O3. The number of anilines is 1. The lowest BCUT2D eigenvalue weighted by Gasteiger charge is -2.42. The average molecular weight is 407 g/mol. The molecule has 0 aliphatic carbocycles. The molecule has 2 aromatic rings. The van der Waals surface area contributed by atoms with Crippen molar-refractivity contribution < 1.29 is 14.3 Å². The van der Waals surface area contributed by atoms with Gasteiger partial charge in [-0.15, -0.1) is 0 Å². The molecular weight excluding hydrogens is 376 g/mol. The molecule has 0 bridgehead atoms. The number of para-hydroxylation sites is 1. The van der Waals surface area contributed by atoms with Crippen molar-refractivity contribution in [2.75, 3.05) is 31.3 Å². The van der Waals surface area contributed by atoms with Crippen LogP contribution in [0.15, 0.2) is 54.6 Å². The van der Waals surface area contributed by atoms with Gasteiger partial charge < -0.3 is 9.47 Å². The third-order valence-corrected chi connectivity index (χ3v) is 7.00. The van der Waals surface area contributed by atoms with Gasteiger partial charge >= 0.3 is 0 Å². The Bertz CT molecular complexity index is 921. The molecule has 1 atom stereocenters. The van der Waals surface area contributed by atoms with E-state index in [1.54, 1.807) is 0 Å². The first kappa shape index (κ1) is 19.7. The predicted molar refractivity (Wildman–Crippen MR) is 116 cm³/mol. The highest BCUT2D eigenvalue weighted by molar-refractivity contribution is 6.06. The summed E-state index contributed by atoms with van der Waals surface area (Å²) in [6.07, 6.45) is 3.62. The Morgan fingerprint density at radius 1 is 1.00 bits per heavy atom. The van der Waals surface area contributed by atoms with E-state index >= 15 is 0 Å². The highest BCUT2D eigenvalue weighted by Crippen LogP contribution is 2.48. The van der Waals surface area contributed by atoms with Gasteiger partial charge in [0.2, 0.25) is 0 Å². The van der Waals surface area contributed by atoms with Gasteiger partial charge in [0.05, 0.1) is 25.6 Å². The maximum Gasteiger partial charge on any atom is 0.293 e. The summed E-state index contributed by atoms with van der Waals surface area (Å²) in [5, 5.41) is 0. The number of carbonyl (C=O) groups is 1. The second-order valence-electron chi connectivity index (χ2n) is 9.17. The molecule has 2 fully saturated rings. The zero-order valence-corrected chi connectivity index (χ0v) is 17.8. The van der Waals surface area contributed by atoms with Gasteiger partial charge in [0.15, 0.2) is 0 Å². The molecule has 3 aliphatic heterocycles.